The van der Waals surface area contributed by atoms with Crippen molar-refractivity contribution in [1.82, 2.24) is 10.2 Å². The van der Waals surface area contributed by atoms with Crippen LogP contribution in [0.2, 0.25) is 0 Å². The quantitative estimate of drug-likeness (QED) is 0.809. The monoisotopic (exact) mass is 280 g/mol. The Kier molecular flexibility index (Phi) is 7.37. The molecular formula is C18H36N2. The van der Waals surface area contributed by atoms with E-state index in [1.165, 1.54) is 83.6 Å². The maximum Gasteiger partial charge on any atom is 0.0252 e. The highest BCUT2D eigenvalue weighted by Crippen LogP contribution is 2.27. The maximum absolute atomic E-state index is 3.66. The number of likely N-dealkylation sites (tertiary alicyclic amines) is 1. The van der Waals surface area contributed by atoms with Gasteiger partial charge < -0.3 is 5.32 Å². The minimum Gasteiger partial charge on any atom is -0.315 e. The lowest BCUT2D eigenvalue weighted by Crippen LogP contribution is -2.50. The molecule has 1 aliphatic carbocycles. The highest BCUT2D eigenvalue weighted by molar-refractivity contribution is 4.89. The average Bonchev–Trinajstić information content (AvgIpc) is 2.85. The minimum atomic E-state index is 0.718. The second-order valence-electron chi connectivity index (χ2n) is 7.10. The van der Waals surface area contributed by atoms with E-state index >= 15 is 0 Å². The second-order valence-corrected chi connectivity index (χ2v) is 7.10. The Morgan fingerprint density at radius 2 is 1.35 bits per heavy atom. The lowest BCUT2D eigenvalue weighted by molar-refractivity contribution is 0.135. The topological polar surface area (TPSA) is 15.3 Å². The van der Waals surface area contributed by atoms with Gasteiger partial charge in [0.15, 0.2) is 0 Å². The Bertz CT molecular complexity index is 254. The summed E-state index contributed by atoms with van der Waals surface area (Å²) in [6.45, 7) is 3.78. The average molecular weight is 280 g/mol. The lowest BCUT2D eigenvalue weighted by atomic mass is 9.92. The van der Waals surface area contributed by atoms with E-state index in [-0.39, 0.29) is 0 Å². The Morgan fingerprint density at radius 3 is 1.90 bits per heavy atom. The van der Waals surface area contributed by atoms with Crippen LogP contribution in [0, 0.1) is 0 Å². The third kappa shape index (κ3) is 4.73. The van der Waals surface area contributed by atoms with E-state index in [0.29, 0.717) is 0 Å². The van der Waals surface area contributed by atoms with Crippen molar-refractivity contribution in [2.45, 2.75) is 102 Å². The largest absolute Gasteiger partial charge is 0.315 e. The maximum atomic E-state index is 3.66. The van der Waals surface area contributed by atoms with Gasteiger partial charge in [-0.05, 0) is 46.2 Å². The molecule has 0 aromatic carbocycles. The highest BCUT2D eigenvalue weighted by atomic mass is 15.2. The summed E-state index contributed by atoms with van der Waals surface area (Å²) < 4.78 is 0. The zero-order chi connectivity index (χ0) is 14.2. The van der Waals surface area contributed by atoms with Crippen LogP contribution in [0.15, 0.2) is 0 Å². The number of hydrogen-bond donors (Lipinski definition) is 1. The van der Waals surface area contributed by atoms with Crippen LogP contribution in [-0.2, 0) is 0 Å². The fourth-order valence-electron chi connectivity index (χ4n) is 4.35. The van der Waals surface area contributed by atoms with E-state index in [9.17, 15) is 0 Å². The highest BCUT2D eigenvalue weighted by Gasteiger charge is 2.31. The first-order valence-electron chi connectivity index (χ1n) is 9.26. The molecule has 1 saturated heterocycles. The summed E-state index contributed by atoms with van der Waals surface area (Å²) in [5.41, 5.74) is 0. The van der Waals surface area contributed by atoms with Crippen molar-refractivity contribution in [3.63, 3.8) is 0 Å². The van der Waals surface area contributed by atoms with Crippen LogP contribution in [0.5, 0.6) is 0 Å². The van der Waals surface area contributed by atoms with Crippen LogP contribution in [0.1, 0.15) is 84.0 Å². The van der Waals surface area contributed by atoms with Crippen LogP contribution >= 0.6 is 0 Å². The molecule has 2 heteroatoms. The normalized spacial score (nSPS) is 35.4. The molecule has 3 atom stereocenters. The zero-order valence-electron chi connectivity index (χ0n) is 13.9. The predicted octanol–water partition coefficient (Wildman–Crippen LogP) is 4.34. The number of nitrogens with one attached hydrogen (secondary N) is 1. The van der Waals surface area contributed by atoms with Gasteiger partial charge in [0, 0.05) is 18.1 Å². The molecule has 0 aromatic heterocycles. The van der Waals surface area contributed by atoms with Gasteiger partial charge in [-0.1, -0.05) is 51.4 Å². The van der Waals surface area contributed by atoms with E-state index in [0.717, 1.165) is 18.1 Å². The molecular weight excluding hydrogens is 244 g/mol. The van der Waals surface area contributed by atoms with E-state index < -0.39 is 0 Å². The molecule has 0 spiro atoms. The minimum absolute atomic E-state index is 0.718. The molecule has 2 aliphatic rings. The molecule has 118 valence electrons. The van der Waals surface area contributed by atoms with Crippen LogP contribution in [-0.4, -0.2) is 36.6 Å². The van der Waals surface area contributed by atoms with Gasteiger partial charge >= 0.3 is 0 Å². The fourth-order valence-corrected chi connectivity index (χ4v) is 4.35. The summed E-state index contributed by atoms with van der Waals surface area (Å²) >= 11 is 0. The SMILES string of the molecule is CNC1CCCCCCCCCCC1N1CCCC1C. The zero-order valence-corrected chi connectivity index (χ0v) is 13.9. The van der Waals surface area contributed by atoms with Crippen molar-refractivity contribution in [2.75, 3.05) is 13.6 Å². The lowest BCUT2D eigenvalue weighted by Gasteiger charge is -2.37. The first-order chi connectivity index (χ1) is 9.83. The molecule has 0 radical (unpaired) electrons. The van der Waals surface area contributed by atoms with E-state index in [1.807, 2.05) is 0 Å². The summed E-state index contributed by atoms with van der Waals surface area (Å²) in [5.74, 6) is 0. The summed E-state index contributed by atoms with van der Waals surface area (Å²) in [5, 5.41) is 3.66. The van der Waals surface area contributed by atoms with Crippen LogP contribution in [0.25, 0.3) is 0 Å². The van der Waals surface area contributed by atoms with Gasteiger partial charge in [0.05, 0.1) is 0 Å². The fraction of sp³-hybridized carbons (Fsp3) is 1.00. The molecule has 0 bridgehead atoms. The predicted molar refractivity (Wildman–Crippen MR) is 88.2 cm³/mol. The van der Waals surface area contributed by atoms with Crippen LogP contribution in [0.3, 0.4) is 0 Å². The van der Waals surface area contributed by atoms with Gasteiger partial charge in [0.1, 0.15) is 0 Å². The van der Waals surface area contributed by atoms with Gasteiger partial charge in [0.25, 0.3) is 0 Å². The molecule has 1 heterocycles. The molecule has 0 amide bonds. The third-order valence-corrected chi connectivity index (χ3v) is 5.63. The summed E-state index contributed by atoms with van der Waals surface area (Å²) in [7, 11) is 2.18. The molecule has 2 nitrogen and oxygen atoms in total. The molecule has 1 aliphatic heterocycles. The number of likely N-dealkylation sites (N-methyl/N-ethyl adjacent to an activating group) is 1. The summed E-state index contributed by atoms with van der Waals surface area (Å²) in [6.07, 6.45) is 17.2. The summed E-state index contributed by atoms with van der Waals surface area (Å²) in [6, 6.07) is 2.32. The smallest absolute Gasteiger partial charge is 0.0252 e. The standard InChI is InChI=1S/C18H36N2/c1-16-12-11-15-20(16)18-14-10-8-6-4-3-5-7-9-13-17(18)19-2/h16-19H,3-15H2,1-2H3. The number of nitrogens with zero attached hydrogens (tertiary/aromatic N) is 1. The molecule has 0 aromatic rings. The van der Waals surface area contributed by atoms with E-state index in [2.05, 4.69) is 24.2 Å². The van der Waals surface area contributed by atoms with Gasteiger partial charge in [-0.15, -0.1) is 0 Å². The van der Waals surface area contributed by atoms with E-state index in [4.69, 9.17) is 0 Å². The first-order valence-corrected chi connectivity index (χ1v) is 9.26. The Labute approximate surface area is 126 Å². The van der Waals surface area contributed by atoms with Crippen molar-refractivity contribution in [3.05, 3.63) is 0 Å². The van der Waals surface area contributed by atoms with Crippen LogP contribution in [0.4, 0.5) is 0 Å². The molecule has 3 unspecified atom stereocenters. The Hall–Kier alpha value is -0.0800. The summed E-state index contributed by atoms with van der Waals surface area (Å²) in [4.78, 5) is 2.83. The van der Waals surface area contributed by atoms with Crippen molar-refractivity contribution >= 4 is 0 Å². The van der Waals surface area contributed by atoms with Gasteiger partial charge in [-0.25, -0.2) is 0 Å². The first kappa shape index (κ1) is 16.3. The Balaban J connectivity index is 1.96. The van der Waals surface area contributed by atoms with Gasteiger partial charge in [-0.3, -0.25) is 4.90 Å². The Morgan fingerprint density at radius 1 is 0.750 bits per heavy atom. The van der Waals surface area contributed by atoms with Gasteiger partial charge in [0.2, 0.25) is 0 Å². The number of hydrogen-bond acceptors (Lipinski definition) is 2. The van der Waals surface area contributed by atoms with Crippen molar-refractivity contribution in [1.29, 1.82) is 0 Å². The third-order valence-electron chi connectivity index (χ3n) is 5.63. The van der Waals surface area contributed by atoms with E-state index in [1.54, 1.807) is 0 Å². The molecule has 2 fully saturated rings. The van der Waals surface area contributed by atoms with Crippen LogP contribution < -0.4 is 5.32 Å². The van der Waals surface area contributed by atoms with Gasteiger partial charge in [-0.2, -0.15) is 0 Å². The molecule has 1 saturated carbocycles. The number of rotatable bonds is 2. The molecule has 2 rings (SSSR count). The van der Waals surface area contributed by atoms with Crippen molar-refractivity contribution in [3.8, 4) is 0 Å². The second kappa shape index (κ2) is 9.04. The van der Waals surface area contributed by atoms with Crippen molar-refractivity contribution in [2.24, 2.45) is 0 Å². The molecule has 1 N–H and O–H groups in total. The molecule has 20 heavy (non-hydrogen) atoms. The van der Waals surface area contributed by atoms with Crippen molar-refractivity contribution < 1.29 is 0 Å².